The summed E-state index contributed by atoms with van der Waals surface area (Å²) < 4.78 is 6.93. The molecule has 0 aromatic carbocycles. The van der Waals surface area contributed by atoms with E-state index in [0.29, 0.717) is 18.1 Å². The SMILES string of the molecule is CCC(C(C)=O)c1nc(-c2cncn2C)no1. The predicted molar refractivity (Wildman–Crippen MR) is 60.2 cm³/mol. The van der Waals surface area contributed by atoms with E-state index in [1.165, 1.54) is 6.92 Å². The lowest BCUT2D eigenvalue weighted by Gasteiger charge is -2.03. The van der Waals surface area contributed by atoms with Gasteiger partial charge in [0, 0.05) is 7.05 Å². The lowest BCUT2D eigenvalue weighted by Crippen LogP contribution is -2.07. The van der Waals surface area contributed by atoms with Gasteiger partial charge in [0.25, 0.3) is 0 Å². The fourth-order valence-electron chi connectivity index (χ4n) is 1.69. The standard InChI is InChI=1S/C11H14N4O2/c1-4-8(7(2)16)11-13-10(14-17-11)9-5-12-6-15(9)3/h5-6,8H,4H2,1-3H3. The number of Topliss-reactive ketones (excluding diaryl/α,β-unsaturated/α-hetero) is 1. The largest absolute Gasteiger partial charge is 0.338 e. The molecule has 0 N–H and O–H groups in total. The first-order valence-electron chi connectivity index (χ1n) is 5.44. The van der Waals surface area contributed by atoms with Gasteiger partial charge in [-0.1, -0.05) is 12.1 Å². The number of hydrogen-bond acceptors (Lipinski definition) is 5. The average Bonchev–Trinajstić information content (AvgIpc) is 2.87. The molecular formula is C11H14N4O2. The van der Waals surface area contributed by atoms with Crippen molar-refractivity contribution in [1.29, 1.82) is 0 Å². The van der Waals surface area contributed by atoms with Crippen LogP contribution >= 0.6 is 0 Å². The summed E-state index contributed by atoms with van der Waals surface area (Å²) >= 11 is 0. The molecule has 6 nitrogen and oxygen atoms in total. The molecule has 2 rings (SSSR count). The smallest absolute Gasteiger partial charge is 0.237 e. The van der Waals surface area contributed by atoms with Crippen molar-refractivity contribution < 1.29 is 9.32 Å². The van der Waals surface area contributed by atoms with E-state index in [0.717, 1.165) is 5.69 Å². The molecule has 0 bridgehead atoms. The number of aromatic nitrogens is 4. The molecule has 0 aliphatic carbocycles. The summed E-state index contributed by atoms with van der Waals surface area (Å²) in [6.07, 6.45) is 3.97. The Bertz CT molecular complexity index is 529. The number of hydrogen-bond donors (Lipinski definition) is 0. The van der Waals surface area contributed by atoms with Gasteiger partial charge in [-0.05, 0) is 13.3 Å². The zero-order chi connectivity index (χ0) is 12.4. The van der Waals surface area contributed by atoms with Crippen molar-refractivity contribution in [3.8, 4) is 11.5 Å². The second-order valence-electron chi connectivity index (χ2n) is 3.92. The second kappa shape index (κ2) is 4.48. The number of carbonyl (C=O) groups excluding carboxylic acids is 1. The lowest BCUT2D eigenvalue weighted by atomic mass is 10.0. The van der Waals surface area contributed by atoms with E-state index in [1.54, 1.807) is 17.1 Å². The predicted octanol–water partition coefficient (Wildman–Crippen LogP) is 1.55. The van der Waals surface area contributed by atoms with Crippen LogP contribution in [-0.2, 0) is 11.8 Å². The van der Waals surface area contributed by atoms with E-state index < -0.39 is 0 Å². The Kier molecular flexibility index (Phi) is 3.03. The quantitative estimate of drug-likeness (QED) is 0.802. The first kappa shape index (κ1) is 11.5. The van der Waals surface area contributed by atoms with Crippen molar-refractivity contribution in [2.75, 3.05) is 0 Å². The molecular weight excluding hydrogens is 220 g/mol. The third kappa shape index (κ3) is 2.11. The van der Waals surface area contributed by atoms with E-state index in [2.05, 4.69) is 15.1 Å². The van der Waals surface area contributed by atoms with Gasteiger partial charge in [-0.2, -0.15) is 4.98 Å². The number of aryl methyl sites for hydroxylation is 1. The topological polar surface area (TPSA) is 73.8 Å². The van der Waals surface area contributed by atoms with Gasteiger partial charge in [-0.15, -0.1) is 0 Å². The van der Waals surface area contributed by atoms with Crippen LogP contribution in [0.2, 0.25) is 0 Å². The summed E-state index contributed by atoms with van der Waals surface area (Å²) in [5, 5.41) is 3.87. The molecule has 0 radical (unpaired) electrons. The molecule has 0 saturated carbocycles. The fourth-order valence-corrected chi connectivity index (χ4v) is 1.69. The van der Waals surface area contributed by atoms with Crippen LogP contribution in [0.25, 0.3) is 11.5 Å². The van der Waals surface area contributed by atoms with Crippen LogP contribution in [0, 0.1) is 0 Å². The molecule has 0 fully saturated rings. The number of ketones is 1. The minimum atomic E-state index is -0.315. The Morgan fingerprint density at radius 2 is 2.35 bits per heavy atom. The molecule has 0 aliphatic heterocycles. The molecule has 0 spiro atoms. The second-order valence-corrected chi connectivity index (χ2v) is 3.92. The number of carbonyl (C=O) groups is 1. The minimum absolute atomic E-state index is 0.0349. The zero-order valence-electron chi connectivity index (χ0n) is 10.0. The Balaban J connectivity index is 2.33. The lowest BCUT2D eigenvalue weighted by molar-refractivity contribution is -0.119. The highest BCUT2D eigenvalue weighted by Gasteiger charge is 2.22. The average molecular weight is 234 g/mol. The normalized spacial score (nSPS) is 12.6. The maximum absolute atomic E-state index is 11.4. The van der Waals surface area contributed by atoms with Gasteiger partial charge < -0.3 is 9.09 Å². The van der Waals surface area contributed by atoms with E-state index in [-0.39, 0.29) is 11.7 Å². The summed E-state index contributed by atoms with van der Waals surface area (Å²) in [5.41, 5.74) is 0.762. The third-order valence-corrected chi connectivity index (χ3v) is 2.68. The number of imidazole rings is 1. The molecule has 17 heavy (non-hydrogen) atoms. The Labute approximate surface area is 98.7 Å². The van der Waals surface area contributed by atoms with Crippen molar-refractivity contribution in [2.45, 2.75) is 26.2 Å². The van der Waals surface area contributed by atoms with E-state index >= 15 is 0 Å². The molecule has 0 aliphatic rings. The highest BCUT2D eigenvalue weighted by atomic mass is 16.5. The van der Waals surface area contributed by atoms with Crippen LogP contribution in [-0.4, -0.2) is 25.5 Å². The maximum atomic E-state index is 11.4. The monoisotopic (exact) mass is 234 g/mol. The minimum Gasteiger partial charge on any atom is -0.338 e. The van der Waals surface area contributed by atoms with Gasteiger partial charge in [-0.3, -0.25) is 4.79 Å². The summed E-state index contributed by atoms with van der Waals surface area (Å²) in [7, 11) is 1.85. The number of rotatable bonds is 4. The van der Waals surface area contributed by atoms with Crippen molar-refractivity contribution in [2.24, 2.45) is 7.05 Å². The van der Waals surface area contributed by atoms with E-state index in [4.69, 9.17) is 4.52 Å². The van der Waals surface area contributed by atoms with Crippen LogP contribution in [0.5, 0.6) is 0 Å². The van der Waals surface area contributed by atoms with Gasteiger partial charge in [0.1, 0.15) is 11.5 Å². The highest BCUT2D eigenvalue weighted by Crippen LogP contribution is 2.22. The van der Waals surface area contributed by atoms with Crippen LogP contribution in [0.15, 0.2) is 17.0 Å². The first-order valence-corrected chi connectivity index (χ1v) is 5.44. The summed E-state index contributed by atoms with van der Waals surface area (Å²) in [4.78, 5) is 19.6. The summed E-state index contributed by atoms with van der Waals surface area (Å²) in [6, 6.07) is 0. The molecule has 2 heterocycles. The molecule has 2 aromatic rings. The zero-order valence-corrected chi connectivity index (χ0v) is 10.0. The van der Waals surface area contributed by atoms with Gasteiger partial charge in [0.15, 0.2) is 0 Å². The third-order valence-electron chi connectivity index (χ3n) is 2.68. The highest BCUT2D eigenvalue weighted by molar-refractivity contribution is 5.82. The summed E-state index contributed by atoms with van der Waals surface area (Å²) in [5.74, 6) is 0.549. The summed E-state index contributed by atoms with van der Waals surface area (Å²) in [6.45, 7) is 3.45. The van der Waals surface area contributed by atoms with Gasteiger partial charge >= 0.3 is 0 Å². The Hall–Kier alpha value is -1.98. The van der Waals surface area contributed by atoms with Gasteiger partial charge in [0.05, 0.1) is 18.4 Å². The first-order chi connectivity index (χ1) is 8.13. The molecule has 0 amide bonds. The molecule has 1 unspecified atom stereocenters. The van der Waals surface area contributed by atoms with E-state index in [1.807, 2.05) is 14.0 Å². The fraction of sp³-hybridized carbons (Fsp3) is 0.455. The van der Waals surface area contributed by atoms with Gasteiger partial charge in [0.2, 0.25) is 11.7 Å². The van der Waals surface area contributed by atoms with Crippen molar-refractivity contribution in [3.05, 3.63) is 18.4 Å². The number of nitrogens with zero attached hydrogens (tertiary/aromatic N) is 4. The van der Waals surface area contributed by atoms with E-state index in [9.17, 15) is 4.79 Å². The molecule has 0 saturated heterocycles. The van der Waals surface area contributed by atoms with Crippen molar-refractivity contribution in [1.82, 2.24) is 19.7 Å². The van der Waals surface area contributed by atoms with Crippen LogP contribution < -0.4 is 0 Å². The maximum Gasteiger partial charge on any atom is 0.237 e. The molecule has 90 valence electrons. The van der Waals surface area contributed by atoms with Crippen molar-refractivity contribution >= 4 is 5.78 Å². The van der Waals surface area contributed by atoms with Gasteiger partial charge in [-0.25, -0.2) is 4.98 Å². The molecule has 1 atom stereocenters. The molecule has 2 aromatic heterocycles. The van der Waals surface area contributed by atoms with Crippen LogP contribution in [0.4, 0.5) is 0 Å². The Morgan fingerprint density at radius 1 is 1.59 bits per heavy atom. The molecule has 6 heteroatoms. The van der Waals surface area contributed by atoms with Crippen LogP contribution in [0.1, 0.15) is 32.1 Å². The van der Waals surface area contributed by atoms with Crippen molar-refractivity contribution in [3.63, 3.8) is 0 Å². The van der Waals surface area contributed by atoms with Crippen LogP contribution in [0.3, 0.4) is 0 Å². The Morgan fingerprint density at radius 3 is 2.88 bits per heavy atom.